The molecular weight excluding hydrogens is 552 g/mol. The maximum absolute atomic E-state index is 13.5. The molecule has 0 aliphatic carbocycles. The second-order valence-electron chi connectivity index (χ2n) is 9.69. The van der Waals surface area contributed by atoms with Gasteiger partial charge in [-0.3, -0.25) is 4.79 Å². The number of phenolic OH excluding ortho intramolecular Hbond substituents is 3. The van der Waals surface area contributed by atoms with Crippen LogP contribution in [-0.4, -0.2) is 114 Å². The summed E-state index contributed by atoms with van der Waals surface area (Å²) in [6.45, 7) is -0.918. The van der Waals surface area contributed by atoms with Gasteiger partial charge in [-0.2, -0.15) is 0 Å². The van der Waals surface area contributed by atoms with Crippen LogP contribution in [0.15, 0.2) is 45.6 Å². The van der Waals surface area contributed by atoms with Crippen molar-refractivity contribution in [3.05, 3.63) is 46.6 Å². The Labute approximate surface area is 230 Å². The first-order chi connectivity index (χ1) is 19.5. The van der Waals surface area contributed by atoms with Gasteiger partial charge >= 0.3 is 0 Å². The van der Waals surface area contributed by atoms with Gasteiger partial charge in [0.1, 0.15) is 70.9 Å². The molecule has 15 nitrogen and oxygen atoms in total. The number of aromatic hydroxyl groups is 3. The molecule has 0 saturated carbocycles. The Hall–Kier alpha value is -3.51. The molecule has 0 bridgehead atoms. The number of aliphatic hydroxyl groups is 6. The first-order valence-corrected chi connectivity index (χ1v) is 12.4. The highest BCUT2D eigenvalue weighted by Gasteiger charge is 2.47. The van der Waals surface area contributed by atoms with Gasteiger partial charge in [-0.15, -0.1) is 0 Å². The van der Waals surface area contributed by atoms with Crippen molar-refractivity contribution < 1.29 is 69.3 Å². The predicted molar refractivity (Wildman–Crippen MR) is 134 cm³/mol. The largest absolute Gasteiger partial charge is 0.508 e. The van der Waals surface area contributed by atoms with Crippen LogP contribution in [0.1, 0.15) is 0 Å². The second-order valence-corrected chi connectivity index (χ2v) is 9.69. The molecule has 41 heavy (non-hydrogen) atoms. The third-order valence-corrected chi connectivity index (χ3v) is 6.83. The normalized spacial score (nSPS) is 32.2. The second kappa shape index (κ2) is 11.4. The van der Waals surface area contributed by atoms with E-state index < -0.39 is 84.6 Å². The van der Waals surface area contributed by atoms with Crippen LogP contribution in [0.25, 0.3) is 22.3 Å². The lowest BCUT2D eigenvalue weighted by atomic mass is 9.99. The fourth-order valence-corrected chi connectivity index (χ4v) is 4.56. The van der Waals surface area contributed by atoms with E-state index in [9.17, 15) is 50.8 Å². The Morgan fingerprint density at radius 1 is 0.805 bits per heavy atom. The van der Waals surface area contributed by atoms with Crippen LogP contribution in [0.4, 0.5) is 0 Å². The van der Waals surface area contributed by atoms with Gasteiger partial charge in [0, 0.05) is 17.7 Å². The molecule has 3 aromatic rings. The minimum absolute atomic E-state index is 0.102. The van der Waals surface area contributed by atoms with Crippen molar-refractivity contribution in [3.63, 3.8) is 0 Å². The summed E-state index contributed by atoms with van der Waals surface area (Å²) in [4.78, 5) is 13.5. The number of fused-ring (bicyclic) bond motifs is 1. The summed E-state index contributed by atoms with van der Waals surface area (Å²) in [5, 5.41) is 90.6. The van der Waals surface area contributed by atoms with Crippen molar-refractivity contribution in [1.29, 1.82) is 0 Å². The number of ether oxygens (including phenoxy) is 4. The Balaban J connectivity index is 1.46. The monoisotopic (exact) mass is 580 g/mol. The molecule has 222 valence electrons. The zero-order valence-electron chi connectivity index (χ0n) is 21.0. The molecule has 9 atom stereocenters. The molecular formula is C26H28O15. The highest BCUT2D eigenvalue weighted by molar-refractivity contribution is 5.88. The van der Waals surface area contributed by atoms with Crippen LogP contribution in [0.3, 0.4) is 0 Å². The third-order valence-electron chi connectivity index (χ3n) is 6.83. The van der Waals surface area contributed by atoms with Crippen LogP contribution in [0.2, 0.25) is 0 Å². The van der Waals surface area contributed by atoms with Gasteiger partial charge in [0.2, 0.25) is 17.5 Å². The zero-order valence-corrected chi connectivity index (χ0v) is 21.0. The summed E-state index contributed by atoms with van der Waals surface area (Å²) in [6, 6.07) is 7.33. The van der Waals surface area contributed by atoms with E-state index in [1.807, 2.05) is 0 Å². The summed E-state index contributed by atoms with van der Waals surface area (Å²) in [5.41, 5.74) is -0.954. The molecule has 9 N–H and O–H groups in total. The fourth-order valence-electron chi connectivity index (χ4n) is 4.56. The minimum Gasteiger partial charge on any atom is -0.508 e. The van der Waals surface area contributed by atoms with E-state index in [-0.39, 0.29) is 34.6 Å². The molecule has 0 radical (unpaired) electrons. The number of aliphatic hydroxyl groups excluding tert-OH is 6. The van der Waals surface area contributed by atoms with Gasteiger partial charge in [0.05, 0.1) is 13.2 Å². The van der Waals surface area contributed by atoms with Crippen molar-refractivity contribution in [1.82, 2.24) is 0 Å². The maximum Gasteiger partial charge on any atom is 0.239 e. The average Bonchev–Trinajstić information content (AvgIpc) is 2.93. The predicted octanol–water partition coefficient (Wildman–Crippen LogP) is -1.78. The first kappa shape index (κ1) is 29.0. The Morgan fingerprint density at radius 3 is 2.20 bits per heavy atom. The lowest BCUT2D eigenvalue weighted by molar-refractivity contribution is -0.307. The number of benzene rings is 2. The summed E-state index contributed by atoms with van der Waals surface area (Å²) >= 11 is 0. The van der Waals surface area contributed by atoms with E-state index in [2.05, 4.69) is 0 Å². The lowest BCUT2D eigenvalue weighted by Crippen LogP contribution is -2.61. The third kappa shape index (κ3) is 5.54. The van der Waals surface area contributed by atoms with Crippen LogP contribution >= 0.6 is 0 Å². The summed E-state index contributed by atoms with van der Waals surface area (Å²) < 4.78 is 27.6. The molecule has 5 rings (SSSR count). The molecule has 0 amide bonds. The van der Waals surface area contributed by atoms with Gasteiger partial charge in [-0.25, -0.2) is 0 Å². The van der Waals surface area contributed by atoms with Crippen LogP contribution in [-0.2, 0) is 14.2 Å². The minimum atomic E-state index is -1.91. The van der Waals surface area contributed by atoms with Crippen LogP contribution in [0, 0.1) is 0 Å². The molecule has 15 heteroatoms. The van der Waals surface area contributed by atoms with Gasteiger partial charge in [0.25, 0.3) is 0 Å². The Morgan fingerprint density at radius 2 is 1.49 bits per heavy atom. The quantitative estimate of drug-likeness (QED) is 0.156. The van der Waals surface area contributed by atoms with Crippen molar-refractivity contribution in [2.75, 3.05) is 13.2 Å². The van der Waals surface area contributed by atoms with Crippen LogP contribution in [0.5, 0.6) is 23.0 Å². The standard InChI is InChI=1S/C26H28O15/c27-10-3-1-9(2-4-10)23-24(19(33)16-12(29)5-11(28)6-14(16)39-23)41-26-22(36)20(34)18(32)15(40-26)8-38-25-21(35)17(31)13(30)7-37-25/h1-6,13,15,17-18,20-22,25-32,34-36H,7-8H2/t13-,15-,17+,18+,20+,21-,22-,25+,26+/m1/s1. The van der Waals surface area contributed by atoms with Crippen molar-refractivity contribution >= 4 is 11.0 Å². The molecule has 0 unspecified atom stereocenters. The SMILES string of the molecule is O=c1c(O[C@@H]2O[C@H](CO[C@@H]3OC[C@@H](O)[C@H](O)[C@H]3O)[C@H](O)[C@H](O)[C@H]2O)c(-c2ccc(O)cc2)oc2cc(O)cc(O)c12. The van der Waals surface area contributed by atoms with Gasteiger partial charge in [0.15, 0.2) is 12.1 Å². The first-order valence-electron chi connectivity index (χ1n) is 12.4. The zero-order chi connectivity index (χ0) is 29.6. The van der Waals surface area contributed by atoms with E-state index in [0.29, 0.717) is 0 Å². The highest BCUT2D eigenvalue weighted by Crippen LogP contribution is 2.37. The molecule has 2 saturated heterocycles. The topological polar surface area (TPSA) is 249 Å². The number of hydrogen-bond donors (Lipinski definition) is 9. The van der Waals surface area contributed by atoms with Crippen LogP contribution < -0.4 is 10.2 Å². The van der Waals surface area contributed by atoms with E-state index >= 15 is 0 Å². The fraction of sp³-hybridized carbons (Fsp3) is 0.423. The van der Waals surface area contributed by atoms with E-state index in [1.165, 1.54) is 24.3 Å². The van der Waals surface area contributed by atoms with Crippen molar-refractivity contribution in [2.45, 2.75) is 55.3 Å². The number of phenols is 3. The summed E-state index contributed by atoms with van der Waals surface area (Å²) in [7, 11) is 0. The van der Waals surface area contributed by atoms with Crippen molar-refractivity contribution in [2.24, 2.45) is 0 Å². The highest BCUT2D eigenvalue weighted by atomic mass is 16.7. The van der Waals surface area contributed by atoms with E-state index in [4.69, 9.17) is 23.4 Å². The molecule has 2 aromatic carbocycles. The number of hydrogen-bond acceptors (Lipinski definition) is 15. The molecule has 1 aromatic heterocycles. The molecule has 0 spiro atoms. The van der Waals surface area contributed by atoms with Gasteiger partial charge in [-0.05, 0) is 24.3 Å². The summed E-state index contributed by atoms with van der Waals surface area (Å²) in [6.07, 6.45) is -14.8. The number of rotatable bonds is 6. The van der Waals surface area contributed by atoms with Gasteiger partial charge in [-0.1, -0.05) is 0 Å². The van der Waals surface area contributed by atoms with E-state index in [1.54, 1.807) is 0 Å². The molecule has 2 aliphatic rings. The molecule has 2 aliphatic heterocycles. The van der Waals surface area contributed by atoms with E-state index in [0.717, 1.165) is 12.1 Å². The van der Waals surface area contributed by atoms with Gasteiger partial charge < -0.3 is 69.3 Å². The molecule has 2 fully saturated rings. The Bertz CT molecular complexity index is 1440. The summed E-state index contributed by atoms with van der Waals surface area (Å²) in [5.74, 6) is -1.97. The Kier molecular flexibility index (Phi) is 8.06. The maximum atomic E-state index is 13.5. The molecule has 3 heterocycles. The van der Waals surface area contributed by atoms with Crippen molar-refractivity contribution in [3.8, 4) is 34.3 Å². The smallest absolute Gasteiger partial charge is 0.239 e. The average molecular weight is 580 g/mol. The lowest BCUT2D eigenvalue weighted by Gasteiger charge is -2.41.